The fraction of sp³-hybridized carbons (Fsp3) is 0.235. The number of ether oxygens (including phenoxy) is 1. The number of anilines is 1. The van der Waals surface area contributed by atoms with E-state index in [0.29, 0.717) is 22.9 Å². The van der Waals surface area contributed by atoms with Gasteiger partial charge in [-0.3, -0.25) is 0 Å². The molecule has 0 unspecified atom stereocenters. The van der Waals surface area contributed by atoms with E-state index in [-0.39, 0.29) is 24.1 Å². The fourth-order valence-electron chi connectivity index (χ4n) is 2.18. The van der Waals surface area contributed by atoms with Gasteiger partial charge in [-0.1, -0.05) is 18.5 Å². The Morgan fingerprint density at radius 3 is 2.50 bits per heavy atom. The summed E-state index contributed by atoms with van der Waals surface area (Å²) in [5, 5.41) is 11.0. The summed E-state index contributed by atoms with van der Waals surface area (Å²) < 4.78 is 28.4. The largest absolute Gasteiger partial charge is 0.491 e. The SMILES string of the molecule is CCc1cc(S(N)(=O)=O)ccc1OCCNC(=O)Nc1ccc(Cl)cc1. The summed E-state index contributed by atoms with van der Waals surface area (Å²) in [7, 11) is -3.75. The molecule has 2 aromatic carbocycles. The number of aryl methyl sites for hydroxylation is 1. The highest BCUT2D eigenvalue weighted by Gasteiger charge is 2.11. The first-order chi connectivity index (χ1) is 12.3. The number of carbonyl (C=O) groups is 1. The molecule has 2 aromatic rings. The number of amides is 2. The summed E-state index contributed by atoms with van der Waals surface area (Å²) in [6, 6.07) is 10.8. The molecular weight excluding hydrogens is 378 g/mol. The zero-order chi connectivity index (χ0) is 19.2. The van der Waals surface area contributed by atoms with E-state index in [1.165, 1.54) is 12.1 Å². The molecular formula is C17H20ClN3O4S. The van der Waals surface area contributed by atoms with E-state index in [4.69, 9.17) is 21.5 Å². The van der Waals surface area contributed by atoms with Crippen molar-refractivity contribution in [3.63, 3.8) is 0 Å². The fourth-order valence-corrected chi connectivity index (χ4v) is 2.87. The maximum absolute atomic E-state index is 11.8. The van der Waals surface area contributed by atoms with Gasteiger partial charge in [0.2, 0.25) is 10.0 Å². The average Bonchev–Trinajstić information content (AvgIpc) is 2.60. The number of nitrogens with two attached hydrogens (primary N) is 1. The van der Waals surface area contributed by atoms with Crippen molar-refractivity contribution in [2.24, 2.45) is 5.14 Å². The minimum absolute atomic E-state index is 0.0437. The monoisotopic (exact) mass is 397 g/mol. The van der Waals surface area contributed by atoms with Gasteiger partial charge in [0.1, 0.15) is 12.4 Å². The van der Waals surface area contributed by atoms with E-state index in [1.807, 2.05) is 6.92 Å². The zero-order valence-corrected chi connectivity index (χ0v) is 15.7. The molecule has 9 heteroatoms. The number of rotatable bonds is 7. The Morgan fingerprint density at radius 1 is 1.19 bits per heavy atom. The number of nitrogens with one attached hydrogen (secondary N) is 2. The standard InChI is InChI=1S/C17H20ClN3O4S/c1-2-12-11-15(26(19,23)24)7-8-16(12)25-10-9-20-17(22)21-14-5-3-13(18)4-6-14/h3-8,11H,2,9-10H2,1H3,(H2,19,23,24)(H2,20,21,22). The van der Waals surface area contributed by atoms with Gasteiger partial charge in [-0.25, -0.2) is 18.4 Å². The predicted octanol–water partition coefficient (Wildman–Crippen LogP) is 2.75. The van der Waals surface area contributed by atoms with Crippen LogP contribution in [0.15, 0.2) is 47.4 Å². The smallest absolute Gasteiger partial charge is 0.319 e. The van der Waals surface area contributed by atoms with E-state index in [1.54, 1.807) is 30.3 Å². The van der Waals surface area contributed by atoms with Gasteiger partial charge in [-0.15, -0.1) is 0 Å². The molecule has 0 radical (unpaired) electrons. The summed E-state index contributed by atoms with van der Waals surface area (Å²) >= 11 is 5.78. The molecule has 140 valence electrons. The number of hydrogen-bond acceptors (Lipinski definition) is 4. The minimum Gasteiger partial charge on any atom is -0.491 e. The Morgan fingerprint density at radius 2 is 1.88 bits per heavy atom. The molecule has 0 aliphatic heterocycles. The van der Waals surface area contributed by atoms with Crippen molar-refractivity contribution >= 4 is 33.3 Å². The Kier molecular flexibility index (Phi) is 6.84. The maximum Gasteiger partial charge on any atom is 0.319 e. The lowest BCUT2D eigenvalue weighted by Crippen LogP contribution is -2.32. The quantitative estimate of drug-likeness (QED) is 0.624. The van der Waals surface area contributed by atoms with Crippen molar-refractivity contribution in [2.75, 3.05) is 18.5 Å². The number of sulfonamides is 1. The molecule has 0 bridgehead atoms. The molecule has 2 rings (SSSR count). The average molecular weight is 398 g/mol. The third-order valence-corrected chi connectivity index (χ3v) is 4.65. The normalized spacial score (nSPS) is 11.0. The number of primary sulfonamides is 1. The van der Waals surface area contributed by atoms with Crippen LogP contribution < -0.4 is 20.5 Å². The third kappa shape index (κ3) is 5.91. The number of hydrogen-bond donors (Lipinski definition) is 3. The van der Waals surface area contributed by atoms with E-state index in [0.717, 1.165) is 5.56 Å². The van der Waals surface area contributed by atoms with Crippen molar-refractivity contribution in [2.45, 2.75) is 18.2 Å². The van der Waals surface area contributed by atoms with Crippen LogP contribution in [0.5, 0.6) is 5.75 Å². The van der Waals surface area contributed by atoms with Crippen LogP contribution in [0.1, 0.15) is 12.5 Å². The van der Waals surface area contributed by atoms with Crippen LogP contribution in [-0.2, 0) is 16.4 Å². The van der Waals surface area contributed by atoms with Gasteiger partial charge >= 0.3 is 6.03 Å². The molecule has 0 fully saturated rings. The Balaban J connectivity index is 1.84. The molecule has 0 heterocycles. The summed E-state index contributed by atoms with van der Waals surface area (Å²) in [6.45, 7) is 2.39. The van der Waals surface area contributed by atoms with Crippen molar-refractivity contribution in [3.8, 4) is 5.75 Å². The van der Waals surface area contributed by atoms with Crippen LogP contribution in [0.3, 0.4) is 0 Å². The number of carbonyl (C=O) groups excluding carboxylic acids is 1. The highest BCUT2D eigenvalue weighted by molar-refractivity contribution is 7.89. The summed E-state index contributed by atoms with van der Waals surface area (Å²) in [5.74, 6) is 0.555. The Hall–Kier alpha value is -2.29. The molecule has 0 spiro atoms. The first-order valence-electron chi connectivity index (χ1n) is 7.88. The van der Waals surface area contributed by atoms with Gasteiger partial charge in [0.05, 0.1) is 11.4 Å². The van der Waals surface area contributed by atoms with Gasteiger partial charge < -0.3 is 15.4 Å². The van der Waals surface area contributed by atoms with Crippen molar-refractivity contribution in [1.82, 2.24) is 5.32 Å². The van der Waals surface area contributed by atoms with Crippen LogP contribution in [0.25, 0.3) is 0 Å². The van der Waals surface area contributed by atoms with Gasteiger partial charge in [0.15, 0.2) is 0 Å². The van der Waals surface area contributed by atoms with Gasteiger partial charge in [0.25, 0.3) is 0 Å². The lowest BCUT2D eigenvalue weighted by molar-refractivity contribution is 0.247. The highest BCUT2D eigenvalue weighted by Crippen LogP contribution is 2.22. The molecule has 0 aliphatic carbocycles. The lowest BCUT2D eigenvalue weighted by Gasteiger charge is -2.12. The summed E-state index contributed by atoms with van der Waals surface area (Å²) in [5.41, 5.74) is 1.35. The third-order valence-electron chi connectivity index (χ3n) is 3.49. The molecule has 2 amide bonds. The maximum atomic E-state index is 11.8. The van der Waals surface area contributed by atoms with E-state index >= 15 is 0 Å². The second-order valence-corrected chi connectivity index (χ2v) is 7.40. The molecule has 0 aromatic heterocycles. The summed E-state index contributed by atoms with van der Waals surface area (Å²) in [4.78, 5) is 11.8. The number of halogens is 1. The predicted molar refractivity (Wildman–Crippen MR) is 101 cm³/mol. The van der Waals surface area contributed by atoms with E-state index < -0.39 is 10.0 Å². The number of benzene rings is 2. The van der Waals surface area contributed by atoms with Crippen LogP contribution in [0, 0.1) is 0 Å². The van der Waals surface area contributed by atoms with Crippen LogP contribution in [0.2, 0.25) is 5.02 Å². The van der Waals surface area contributed by atoms with E-state index in [9.17, 15) is 13.2 Å². The zero-order valence-electron chi connectivity index (χ0n) is 14.2. The number of urea groups is 1. The Bertz CT molecular complexity index is 870. The molecule has 26 heavy (non-hydrogen) atoms. The molecule has 0 saturated heterocycles. The van der Waals surface area contributed by atoms with E-state index in [2.05, 4.69) is 10.6 Å². The molecule has 4 N–H and O–H groups in total. The molecule has 7 nitrogen and oxygen atoms in total. The van der Waals surface area contributed by atoms with Gasteiger partial charge in [-0.2, -0.15) is 0 Å². The second kappa shape index (κ2) is 8.88. The lowest BCUT2D eigenvalue weighted by atomic mass is 10.1. The first kappa shape index (κ1) is 20.0. The molecule has 0 aliphatic rings. The Labute approximate surface area is 157 Å². The van der Waals surface area contributed by atoms with Crippen molar-refractivity contribution in [3.05, 3.63) is 53.1 Å². The van der Waals surface area contributed by atoms with Crippen molar-refractivity contribution in [1.29, 1.82) is 0 Å². The highest BCUT2D eigenvalue weighted by atomic mass is 35.5. The molecule has 0 atom stereocenters. The van der Waals surface area contributed by atoms with Crippen LogP contribution >= 0.6 is 11.6 Å². The molecule has 0 saturated carbocycles. The topological polar surface area (TPSA) is 111 Å². The second-order valence-electron chi connectivity index (χ2n) is 5.40. The van der Waals surface area contributed by atoms with Crippen molar-refractivity contribution < 1.29 is 17.9 Å². The van der Waals surface area contributed by atoms with Gasteiger partial charge in [0, 0.05) is 10.7 Å². The van der Waals surface area contributed by atoms with Gasteiger partial charge in [-0.05, 0) is 54.4 Å². The minimum atomic E-state index is -3.75. The summed E-state index contributed by atoms with van der Waals surface area (Å²) in [6.07, 6.45) is 0.586. The van der Waals surface area contributed by atoms with Crippen LogP contribution in [-0.4, -0.2) is 27.6 Å². The first-order valence-corrected chi connectivity index (χ1v) is 9.81. The van der Waals surface area contributed by atoms with Crippen LogP contribution in [0.4, 0.5) is 10.5 Å².